The molecule has 0 aliphatic carbocycles. The molecule has 0 saturated carbocycles. The van der Waals surface area contributed by atoms with Gasteiger partial charge in [-0.15, -0.1) is 11.3 Å². The second-order valence-corrected chi connectivity index (χ2v) is 20.2. The van der Waals surface area contributed by atoms with Gasteiger partial charge in [-0.25, -0.2) is 9.83 Å². The number of likely N-dealkylation sites (tertiary alicyclic amines) is 1. The van der Waals surface area contributed by atoms with Crippen molar-refractivity contribution in [1.29, 1.82) is 0 Å². The molecule has 2 aliphatic heterocycles. The summed E-state index contributed by atoms with van der Waals surface area (Å²) in [5, 5.41) is 16.8. The van der Waals surface area contributed by atoms with Gasteiger partial charge in [-0.3, -0.25) is 24.1 Å². The number of anilines is 2. The van der Waals surface area contributed by atoms with Crippen molar-refractivity contribution < 1.29 is 38.5 Å². The van der Waals surface area contributed by atoms with Crippen molar-refractivity contribution in [1.82, 2.24) is 20.5 Å². The van der Waals surface area contributed by atoms with E-state index in [0.717, 1.165) is 32.9 Å². The highest BCUT2D eigenvalue weighted by atomic mass is 32.1. The predicted molar refractivity (Wildman–Crippen MR) is 274 cm³/mol. The molecule has 70 heavy (non-hydrogen) atoms. The fourth-order valence-electron chi connectivity index (χ4n) is 8.42. The monoisotopic (exact) mass is 985 g/mol. The summed E-state index contributed by atoms with van der Waals surface area (Å²) in [5.74, 6) is -0.228. The standard InChI is InChI=1S/C53H59N7O8S2/c1-33-28-39(18-23-43(33)54-8)59-50(65)53(6,7)60(51(59)69)38-16-21-42(22-17-38)67-25-9-24-66-26-27-68-41-19-14-37(15-20-41)47(62)57-46(52(3,4)5)49(64)58-31-40(61)29-44(58)48(63)55-30-35-10-12-36(13-11-35)45-34(2)56-32-70-45/h10-23,28,32,40,44,46,61H,9,24-27,29-31H2,1-7H3,(H,55,63)(H,57,62)/t40-,44+,46-/m1/s1. The van der Waals surface area contributed by atoms with Gasteiger partial charge in [0.25, 0.3) is 11.8 Å². The number of benzene rings is 4. The Bertz CT molecular complexity index is 2750. The van der Waals surface area contributed by atoms with Crippen LogP contribution in [0.5, 0.6) is 11.5 Å². The predicted octanol–water partition coefficient (Wildman–Crippen LogP) is 8.18. The molecular weight excluding hydrogens is 927 g/mol. The molecule has 4 amide bonds. The number of aliphatic hydroxyl groups is 1. The van der Waals surface area contributed by atoms with Gasteiger partial charge in [-0.2, -0.15) is 0 Å². The number of ether oxygens (including phenoxy) is 3. The minimum atomic E-state index is -0.984. The summed E-state index contributed by atoms with van der Waals surface area (Å²) in [6.07, 6.45) is -0.154. The van der Waals surface area contributed by atoms with Crippen molar-refractivity contribution in [2.24, 2.45) is 5.41 Å². The molecule has 0 bridgehead atoms. The first kappa shape index (κ1) is 51.1. The van der Waals surface area contributed by atoms with Crippen LogP contribution in [-0.2, 0) is 25.7 Å². The molecule has 3 atom stereocenters. The largest absolute Gasteiger partial charge is 0.494 e. The molecule has 1 aromatic heterocycles. The van der Waals surface area contributed by atoms with Gasteiger partial charge in [0, 0.05) is 49.5 Å². The van der Waals surface area contributed by atoms with Crippen LogP contribution >= 0.6 is 23.6 Å². The van der Waals surface area contributed by atoms with E-state index in [2.05, 4.69) is 20.5 Å². The Labute approximate surface area is 418 Å². The summed E-state index contributed by atoms with van der Waals surface area (Å²) in [6.45, 7) is 22.1. The molecule has 4 aromatic carbocycles. The van der Waals surface area contributed by atoms with E-state index in [0.29, 0.717) is 59.8 Å². The minimum Gasteiger partial charge on any atom is -0.494 e. The summed E-state index contributed by atoms with van der Waals surface area (Å²) >= 11 is 7.39. The molecular formula is C53H59N7O8S2. The fraction of sp³-hybridized carbons (Fsp3) is 0.377. The Morgan fingerprint density at radius 3 is 2.21 bits per heavy atom. The number of nitrogens with one attached hydrogen (secondary N) is 2. The van der Waals surface area contributed by atoms with E-state index in [9.17, 15) is 24.3 Å². The zero-order chi connectivity index (χ0) is 50.3. The van der Waals surface area contributed by atoms with Crippen LogP contribution < -0.4 is 29.9 Å². The highest BCUT2D eigenvalue weighted by molar-refractivity contribution is 7.81. The van der Waals surface area contributed by atoms with Crippen LogP contribution in [0.1, 0.15) is 74.6 Å². The van der Waals surface area contributed by atoms with Crippen LogP contribution in [0.15, 0.2) is 96.5 Å². The second-order valence-electron chi connectivity index (χ2n) is 18.9. The van der Waals surface area contributed by atoms with Crippen LogP contribution in [0.3, 0.4) is 0 Å². The number of carbonyl (C=O) groups is 4. The van der Waals surface area contributed by atoms with E-state index in [4.69, 9.17) is 33.0 Å². The van der Waals surface area contributed by atoms with Crippen molar-refractivity contribution in [3.05, 3.63) is 130 Å². The summed E-state index contributed by atoms with van der Waals surface area (Å²) in [6, 6.07) is 25.3. The van der Waals surface area contributed by atoms with Gasteiger partial charge in [-0.1, -0.05) is 51.1 Å². The Morgan fingerprint density at radius 1 is 0.929 bits per heavy atom. The van der Waals surface area contributed by atoms with Crippen LogP contribution in [0.2, 0.25) is 0 Å². The number of aromatic nitrogens is 1. The molecule has 7 rings (SSSR count). The average Bonchev–Trinajstić information content (AvgIpc) is 4.00. The van der Waals surface area contributed by atoms with E-state index in [1.165, 1.54) is 9.80 Å². The fourth-order valence-corrected chi connectivity index (χ4v) is 9.75. The number of β-amino-alcohol motifs (C(OH)–C–C–N with tert-alkyl or cyclic N) is 1. The summed E-state index contributed by atoms with van der Waals surface area (Å²) in [7, 11) is 0. The second kappa shape index (κ2) is 21.9. The lowest BCUT2D eigenvalue weighted by Crippen LogP contribution is -2.57. The first-order valence-electron chi connectivity index (χ1n) is 23.1. The van der Waals surface area contributed by atoms with Crippen molar-refractivity contribution in [2.45, 2.75) is 91.6 Å². The number of hydrogen-bond acceptors (Lipinski definition) is 11. The SMILES string of the molecule is [C-]#[N+]c1ccc(N2C(=O)C(C)(C)N(c3ccc(OCCCOCCOc4ccc(C(=O)N[C@H](C(=O)N5C[C@H](O)C[C@H]5C(=O)NCc5ccc(-c6scnc6C)cc5)C(C)(C)C)cc4)cc3)C2=S)cc1C. The quantitative estimate of drug-likeness (QED) is 0.0440. The van der Waals surface area contributed by atoms with Gasteiger partial charge < -0.3 is 39.8 Å². The van der Waals surface area contributed by atoms with Gasteiger partial charge in [0.15, 0.2) is 10.8 Å². The summed E-state index contributed by atoms with van der Waals surface area (Å²) in [4.78, 5) is 68.4. The minimum absolute atomic E-state index is 0.0235. The molecule has 2 aliphatic rings. The third kappa shape index (κ3) is 11.6. The van der Waals surface area contributed by atoms with Crippen LogP contribution in [0.4, 0.5) is 17.1 Å². The first-order valence-corrected chi connectivity index (χ1v) is 24.4. The zero-order valence-corrected chi connectivity index (χ0v) is 42.1. The van der Waals surface area contributed by atoms with Gasteiger partial charge in [-0.05, 0) is 123 Å². The highest BCUT2D eigenvalue weighted by Gasteiger charge is 2.50. The summed E-state index contributed by atoms with van der Waals surface area (Å²) in [5.41, 5.74) is 6.06. The highest BCUT2D eigenvalue weighted by Crippen LogP contribution is 2.38. The lowest BCUT2D eigenvalue weighted by molar-refractivity contribution is -0.142. The molecule has 0 unspecified atom stereocenters. The van der Waals surface area contributed by atoms with Crippen LogP contribution in [-0.4, -0.2) is 100 Å². The molecule has 366 valence electrons. The molecule has 15 nitrogen and oxygen atoms in total. The Morgan fingerprint density at radius 2 is 1.59 bits per heavy atom. The molecule has 2 fully saturated rings. The van der Waals surface area contributed by atoms with Gasteiger partial charge in [0.2, 0.25) is 11.8 Å². The number of thiocarbonyl (C=S) groups is 1. The van der Waals surface area contributed by atoms with Gasteiger partial charge >= 0.3 is 0 Å². The first-order chi connectivity index (χ1) is 33.4. The van der Waals surface area contributed by atoms with Crippen molar-refractivity contribution in [3.8, 4) is 21.9 Å². The molecule has 3 N–H and O–H groups in total. The number of carbonyl (C=O) groups excluding carboxylic acids is 4. The smallest absolute Gasteiger partial charge is 0.259 e. The number of aryl methyl sites for hydroxylation is 2. The third-order valence-corrected chi connectivity index (χ3v) is 13.7. The normalized spacial score (nSPS) is 17.0. The summed E-state index contributed by atoms with van der Waals surface area (Å²) < 4.78 is 17.5. The number of aliphatic hydroxyl groups excluding tert-OH is 1. The maximum Gasteiger partial charge on any atom is 0.259 e. The number of amides is 4. The third-order valence-electron chi connectivity index (χ3n) is 12.3. The molecule has 0 radical (unpaired) electrons. The van der Waals surface area contributed by atoms with E-state index in [1.54, 1.807) is 47.7 Å². The van der Waals surface area contributed by atoms with E-state index in [-0.39, 0.29) is 37.9 Å². The Kier molecular flexibility index (Phi) is 16.0. The number of nitrogens with zero attached hydrogens (tertiary/aromatic N) is 5. The lowest BCUT2D eigenvalue weighted by Gasteiger charge is -2.35. The van der Waals surface area contributed by atoms with Gasteiger partial charge in [0.05, 0.1) is 42.0 Å². The lowest BCUT2D eigenvalue weighted by atomic mass is 9.85. The number of hydrogen-bond donors (Lipinski definition) is 3. The van der Waals surface area contributed by atoms with Crippen LogP contribution in [0, 0.1) is 25.8 Å². The Hall–Kier alpha value is -6.71. The number of thiazole rings is 1. The van der Waals surface area contributed by atoms with Crippen LogP contribution in [0.25, 0.3) is 15.3 Å². The molecule has 3 heterocycles. The average molecular weight is 986 g/mol. The topological polar surface area (TPSA) is 167 Å². The van der Waals surface area contributed by atoms with E-state index >= 15 is 0 Å². The maximum atomic E-state index is 14.1. The van der Waals surface area contributed by atoms with Crippen molar-refractivity contribution >= 4 is 69.4 Å². The molecule has 0 spiro atoms. The Balaban J connectivity index is 0.822. The van der Waals surface area contributed by atoms with E-state index in [1.807, 2.05) is 113 Å². The maximum absolute atomic E-state index is 14.1. The molecule has 2 saturated heterocycles. The van der Waals surface area contributed by atoms with Crippen molar-refractivity contribution in [2.75, 3.05) is 42.8 Å². The van der Waals surface area contributed by atoms with Crippen molar-refractivity contribution in [3.63, 3.8) is 0 Å². The molecule has 5 aromatic rings. The number of rotatable bonds is 18. The van der Waals surface area contributed by atoms with E-state index < -0.39 is 41.0 Å². The van der Waals surface area contributed by atoms with Gasteiger partial charge in [0.1, 0.15) is 35.7 Å². The zero-order valence-electron chi connectivity index (χ0n) is 40.5. The molecule has 17 heteroatoms.